The Morgan fingerprint density at radius 3 is 3.08 bits per heavy atom. The number of benzene rings is 1. The highest BCUT2D eigenvalue weighted by Gasteiger charge is 2.16. The van der Waals surface area contributed by atoms with E-state index in [1.807, 2.05) is 24.3 Å². The van der Waals surface area contributed by atoms with Gasteiger partial charge in [0.1, 0.15) is 18.1 Å². The topological polar surface area (TPSA) is 85.6 Å². The number of hydrogen-bond donors (Lipinski definition) is 2. The van der Waals surface area contributed by atoms with E-state index in [0.717, 1.165) is 30.9 Å². The van der Waals surface area contributed by atoms with Gasteiger partial charge in [-0.15, -0.1) is 0 Å². The number of ether oxygens (including phenoxy) is 2. The lowest BCUT2D eigenvalue weighted by molar-refractivity contribution is -0.114. The van der Waals surface area contributed by atoms with Crippen LogP contribution in [0.2, 0.25) is 0 Å². The number of anilines is 2. The summed E-state index contributed by atoms with van der Waals surface area (Å²) in [6, 6.07) is 9.18. The van der Waals surface area contributed by atoms with E-state index in [0.29, 0.717) is 18.2 Å². The third-order valence-corrected chi connectivity index (χ3v) is 3.64. The molecule has 2 aromatic rings. The summed E-state index contributed by atoms with van der Waals surface area (Å²) in [5, 5.41) is 9.43. The zero-order valence-electron chi connectivity index (χ0n) is 13.6. The number of nitrogens with zero attached hydrogens (tertiary/aromatic N) is 1. The van der Waals surface area contributed by atoms with Gasteiger partial charge in [-0.1, -0.05) is 11.2 Å². The number of aryl methyl sites for hydroxylation is 1. The van der Waals surface area contributed by atoms with Crippen molar-refractivity contribution < 1.29 is 18.8 Å². The summed E-state index contributed by atoms with van der Waals surface area (Å²) >= 11 is 0. The Labute approximate surface area is 140 Å². The van der Waals surface area contributed by atoms with Gasteiger partial charge >= 0.3 is 0 Å². The Kier molecular flexibility index (Phi) is 5.32. The van der Waals surface area contributed by atoms with E-state index >= 15 is 0 Å². The molecule has 3 rings (SSSR count). The minimum absolute atomic E-state index is 0.126. The van der Waals surface area contributed by atoms with Crippen molar-refractivity contribution in [3.05, 3.63) is 36.1 Å². The maximum absolute atomic E-state index is 11.9. The van der Waals surface area contributed by atoms with E-state index in [9.17, 15) is 4.79 Å². The van der Waals surface area contributed by atoms with Gasteiger partial charge in [-0.2, -0.15) is 0 Å². The normalized spacial score (nSPS) is 16.8. The van der Waals surface area contributed by atoms with Crippen molar-refractivity contribution >= 4 is 17.4 Å². The first-order chi connectivity index (χ1) is 11.7. The molecule has 2 heterocycles. The summed E-state index contributed by atoms with van der Waals surface area (Å²) in [6.07, 6.45) is 2.31. The quantitative estimate of drug-likeness (QED) is 0.811. The number of carbonyl (C=O) groups is 1. The Morgan fingerprint density at radius 2 is 2.33 bits per heavy atom. The van der Waals surface area contributed by atoms with Gasteiger partial charge < -0.3 is 24.6 Å². The fourth-order valence-electron chi connectivity index (χ4n) is 2.46. The second-order valence-corrected chi connectivity index (χ2v) is 5.70. The molecule has 1 fully saturated rings. The van der Waals surface area contributed by atoms with Gasteiger partial charge in [0.15, 0.2) is 5.82 Å². The monoisotopic (exact) mass is 331 g/mol. The van der Waals surface area contributed by atoms with Gasteiger partial charge in [0, 0.05) is 24.4 Å². The van der Waals surface area contributed by atoms with Crippen LogP contribution in [0.15, 0.2) is 34.9 Å². The zero-order valence-corrected chi connectivity index (χ0v) is 13.6. The van der Waals surface area contributed by atoms with E-state index in [1.54, 1.807) is 13.0 Å². The van der Waals surface area contributed by atoms with Gasteiger partial charge in [-0.25, -0.2) is 0 Å². The van der Waals surface area contributed by atoms with E-state index in [-0.39, 0.29) is 18.6 Å². The summed E-state index contributed by atoms with van der Waals surface area (Å²) in [4.78, 5) is 11.9. The molecule has 0 radical (unpaired) electrons. The van der Waals surface area contributed by atoms with Crippen molar-refractivity contribution in [3.63, 3.8) is 0 Å². The number of aromatic nitrogens is 1. The number of hydrogen-bond acceptors (Lipinski definition) is 6. The predicted molar refractivity (Wildman–Crippen MR) is 89.3 cm³/mol. The van der Waals surface area contributed by atoms with Crippen LogP contribution >= 0.6 is 0 Å². The highest BCUT2D eigenvalue weighted by molar-refractivity contribution is 5.92. The lowest BCUT2D eigenvalue weighted by Crippen LogP contribution is -2.22. The number of rotatable bonds is 7. The second kappa shape index (κ2) is 7.83. The smallest absolute Gasteiger partial charge is 0.244 e. The number of nitrogens with one attached hydrogen (secondary N) is 2. The first-order valence-electron chi connectivity index (χ1n) is 8.00. The first kappa shape index (κ1) is 16.3. The molecule has 1 aromatic carbocycles. The van der Waals surface area contributed by atoms with Crippen molar-refractivity contribution in [2.45, 2.75) is 25.9 Å². The molecule has 1 aromatic heterocycles. The Hall–Kier alpha value is -2.54. The molecule has 0 bridgehead atoms. The van der Waals surface area contributed by atoms with Gasteiger partial charge in [0.2, 0.25) is 5.91 Å². The average Bonchev–Trinajstić information content (AvgIpc) is 3.23. The Bertz CT molecular complexity index is 680. The van der Waals surface area contributed by atoms with Crippen LogP contribution in [0.25, 0.3) is 0 Å². The molecule has 0 aliphatic carbocycles. The first-order valence-corrected chi connectivity index (χ1v) is 8.00. The van der Waals surface area contributed by atoms with Gasteiger partial charge in [0.25, 0.3) is 0 Å². The highest BCUT2D eigenvalue weighted by Crippen LogP contribution is 2.19. The van der Waals surface area contributed by atoms with Crippen LogP contribution in [0.1, 0.15) is 18.6 Å². The average molecular weight is 331 g/mol. The molecule has 0 spiro atoms. The van der Waals surface area contributed by atoms with E-state index in [1.165, 1.54) is 0 Å². The molecule has 0 saturated carbocycles. The molecule has 1 aliphatic rings. The Balaban J connectivity index is 1.46. The van der Waals surface area contributed by atoms with Crippen molar-refractivity contribution in [3.8, 4) is 5.75 Å². The van der Waals surface area contributed by atoms with Gasteiger partial charge in [-0.05, 0) is 31.9 Å². The fraction of sp³-hybridized carbons (Fsp3) is 0.412. The van der Waals surface area contributed by atoms with Crippen molar-refractivity contribution in [2.75, 3.05) is 30.4 Å². The SMILES string of the molecule is Cc1cc(NC(=O)CNc2cccc(OC[C@@H]3CCCO3)c2)no1. The van der Waals surface area contributed by atoms with Crippen LogP contribution in [-0.2, 0) is 9.53 Å². The molecule has 0 unspecified atom stereocenters. The summed E-state index contributed by atoms with van der Waals surface area (Å²) in [7, 11) is 0. The molecular weight excluding hydrogens is 310 g/mol. The summed E-state index contributed by atoms with van der Waals surface area (Å²) in [5.41, 5.74) is 0.811. The lowest BCUT2D eigenvalue weighted by atomic mass is 10.2. The molecule has 1 amide bonds. The minimum atomic E-state index is -0.200. The molecule has 128 valence electrons. The molecule has 1 saturated heterocycles. The largest absolute Gasteiger partial charge is 0.491 e. The minimum Gasteiger partial charge on any atom is -0.491 e. The lowest BCUT2D eigenvalue weighted by Gasteiger charge is -2.12. The van der Waals surface area contributed by atoms with E-state index in [4.69, 9.17) is 14.0 Å². The number of amides is 1. The van der Waals surface area contributed by atoms with Crippen molar-refractivity contribution in [1.29, 1.82) is 0 Å². The van der Waals surface area contributed by atoms with Crippen LogP contribution in [0.5, 0.6) is 5.75 Å². The molecule has 2 N–H and O–H groups in total. The van der Waals surface area contributed by atoms with Crippen molar-refractivity contribution in [2.24, 2.45) is 0 Å². The van der Waals surface area contributed by atoms with Gasteiger partial charge in [0.05, 0.1) is 12.6 Å². The van der Waals surface area contributed by atoms with E-state index < -0.39 is 0 Å². The van der Waals surface area contributed by atoms with Crippen LogP contribution in [0, 0.1) is 6.92 Å². The molecule has 24 heavy (non-hydrogen) atoms. The molecule has 1 atom stereocenters. The summed E-state index contributed by atoms with van der Waals surface area (Å²) < 4.78 is 16.2. The molecular formula is C17H21N3O4. The summed E-state index contributed by atoms with van der Waals surface area (Å²) in [6.45, 7) is 3.26. The third kappa shape index (κ3) is 4.73. The van der Waals surface area contributed by atoms with Crippen LogP contribution in [0.3, 0.4) is 0 Å². The highest BCUT2D eigenvalue weighted by atomic mass is 16.5. The van der Waals surface area contributed by atoms with E-state index in [2.05, 4.69) is 15.8 Å². The molecule has 7 heteroatoms. The van der Waals surface area contributed by atoms with Crippen molar-refractivity contribution in [1.82, 2.24) is 5.16 Å². The predicted octanol–water partition coefficient (Wildman–Crippen LogP) is 2.59. The number of carbonyl (C=O) groups excluding carboxylic acids is 1. The maximum Gasteiger partial charge on any atom is 0.244 e. The second-order valence-electron chi connectivity index (χ2n) is 5.70. The standard InChI is InChI=1S/C17H21N3O4/c1-12-8-16(20-24-12)19-17(21)10-18-13-4-2-5-14(9-13)23-11-15-6-3-7-22-15/h2,4-5,8-9,15,18H,3,6-7,10-11H2,1H3,(H,19,20,21)/t15-/m0/s1. The fourth-order valence-corrected chi connectivity index (χ4v) is 2.46. The zero-order chi connectivity index (χ0) is 16.8. The molecule has 1 aliphatic heterocycles. The van der Waals surface area contributed by atoms with Gasteiger partial charge in [-0.3, -0.25) is 4.79 Å². The Morgan fingerprint density at radius 1 is 1.42 bits per heavy atom. The van der Waals surface area contributed by atoms with Crippen LogP contribution < -0.4 is 15.4 Å². The maximum atomic E-state index is 11.9. The van der Waals surface area contributed by atoms with Crippen LogP contribution in [-0.4, -0.2) is 36.9 Å². The third-order valence-electron chi connectivity index (χ3n) is 3.64. The van der Waals surface area contributed by atoms with Crippen LogP contribution in [0.4, 0.5) is 11.5 Å². The summed E-state index contributed by atoms with van der Waals surface area (Å²) in [5.74, 6) is 1.61. The molecule has 7 nitrogen and oxygen atoms in total.